The van der Waals surface area contributed by atoms with E-state index in [9.17, 15) is 14.0 Å². The fourth-order valence-electron chi connectivity index (χ4n) is 2.57. The molecule has 0 spiro atoms. The number of carbonyl (C=O) groups is 2. The maximum atomic E-state index is 12.8. The largest absolute Gasteiger partial charge is 0.355 e. The summed E-state index contributed by atoms with van der Waals surface area (Å²) >= 11 is 0. The Kier molecular flexibility index (Phi) is 6.13. The van der Waals surface area contributed by atoms with E-state index in [-0.39, 0.29) is 17.6 Å². The Morgan fingerprint density at radius 2 is 1.65 bits per heavy atom. The predicted octanol–water partition coefficient (Wildman–Crippen LogP) is 2.57. The molecule has 2 rings (SSSR count). The van der Waals surface area contributed by atoms with Gasteiger partial charge in [-0.25, -0.2) is 4.39 Å². The van der Waals surface area contributed by atoms with Crippen molar-refractivity contribution in [1.29, 1.82) is 0 Å². The first-order valence-electron chi connectivity index (χ1n) is 8.39. The predicted molar refractivity (Wildman–Crippen MR) is 87.3 cm³/mol. The molecule has 0 radical (unpaired) electrons. The summed E-state index contributed by atoms with van der Waals surface area (Å²) < 4.78 is 12.8. The Labute approximate surface area is 136 Å². The van der Waals surface area contributed by atoms with E-state index < -0.39 is 5.41 Å². The minimum Gasteiger partial charge on any atom is -0.355 e. The number of amides is 2. The number of nitrogens with one attached hydrogen (secondary N) is 2. The maximum absolute atomic E-state index is 12.8. The molecule has 1 aromatic rings. The third kappa shape index (κ3) is 4.78. The van der Waals surface area contributed by atoms with Crippen LogP contribution in [0.15, 0.2) is 24.3 Å². The van der Waals surface area contributed by atoms with Gasteiger partial charge in [0.05, 0.1) is 0 Å². The Morgan fingerprint density at radius 1 is 1.04 bits per heavy atom. The minimum atomic E-state index is -0.852. The van der Waals surface area contributed by atoms with Crippen molar-refractivity contribution in [3.8, 4) is 0 Å². The third-order valence-corrected chi connectivity index (χ3v) is 4.30. The van der Waals surface area contributed by atoms with E-state index in [4.69, 9.17) is 0 Å². The molecule has 2 amide bonds. The molecule has 0 aromatic heterocycles. The van der Waals surface area contributed by atoms with E-state index in [2.05, 4.69) is 17.6 Å². The molecule has 1 aliphatic carbocycles. The van der Waals surface area contributed by atoms with Crippen LogP contribution in [0.4, 0.5) is 4.39 Å². The van der Waals surface area contributed by atoms with E-state index in [0.717, 1.165) is 24.8 Å². The van der Waals surface area contributed by atoms with E-state index in [1.807, 2.05) is 0 Å². The average molecular weight is 320 g/mol. The van der Waals surface area contributed by atoms with Gasteiger partial charge in [-0.3, -0.25) is 9.59 Å². The van der Waals surface area contributed by atoms with Gasteiger partial charge in [0.1, 0.15) is 11.2 Å². The lowest BCUT2D eigenvalue weighted by atomic mass is 10.0. The molecule has 0 unspecified atom stereocenters. The van der Waals surface area contributed by atoms with Crippen LogP contribution in [-0.2, 0) is 16.0 Å². The van der Waals surface area contributed by atoms with Crippen molar-refractivity contribution in [3.05, 3.63) is 35.6 Å². The number of carbonyl (C=O) groups excluding carboxylic acids is 2. The van der Waals surface area contributed by atoms with Crippen LogP contribution in [0, 0.1) is 11.2 Å². The summed E-state index contributed by atoms with van der Waals surface area (Å²) in [6, 6.07) is 6.22. The van der Waals surface area contributed by atoms with Gasteiger partial charge in [0.15, 0.2) is 0 Å². The van der Waals surface area contributed by atoms with Crippen LogP contribution in [0.3, 0.4) is 0 Å². The van der Waals surface area contributed by atoms with Crippen LogP contribution in [0.5, 0.6) is 0 Å². The lowest BCUT2D eigenvalue weighted by Gasteiger charge is -2.15. The third-order valence-electron chi connectivity index (χ3n) is 4.30. The number of unbranched alkanes of at least 4 members (excludes halogenated alkanes) is 2. The smallest absolute Gasteiger partial charge is 0.235 e. The van der Waals surface area contributed by atoms with Crippen molar-refractivity contribution >= 4 is 11.8 Å². The topological polar surface area (TPSA) is 58.2 Å². The first-order chi connectivity index (χ1) is 11.1. The van der Waals surface area contributed by atoms with Gasteiger partial charge >= 0.3 is 0 Å². The van der Waals surface area contributed by atoms with Crippen molar-refractivity contribution in [1.82, 2.24) is 10.6 Å². The molecule has 1 aliphatic rings. The fraction of sp³-hybridized carbons (Fsp3) is 0.556. The van der Waals surface area contributed by atoms with Crippen LogP contribution in [0.1, 0.15) is 44.6 Å². The molecule has 2 N–H and O–H groups in total. The second-order valence-electron chi connectivity index (χ2n) is 6.18. The first kappa shape index (κ1) is 17.4. The van der Waals surface area contributed by atoms with Crippen LogP contribution in [0.25, 0.3) is 0 Å². The number of hydrogen-bond acceptors (Lipinski definition) is 2. The fourth-order valence-corrected chi connectivity index (χ4v) is 2.57. The summed E-state index contributed by atoms with van der Waals surface area (Å²) in [4.78, 5) is 24.5. The second kappa shape index (κ2) is 8.09. The second-order valence-corrected chi connectivity index (χ2v) is 6.18. The molecule has 1 aromatic carbocycles. The molecule has 1 fully saturated rings. The zero-order chi connectivity index (χ0) is 16.7. The van der Waals surface area contributed by atoms with Gasteiger partial charge in [0.2, 0.25) is 11.8 Å². The van der Waals surface area contributed by atoms with E-state index >= 15 is 0 Å². The number of benzene rings is 1. The van der Waals surface area contributed by atoms with Gasteiger partial charge in [0.25, 0.3) is 0 Å². The summed E-state index contributed by atoms with van der Waals surface area (Å²) in [7, 11) is 0. The van der Waals surface area contributed by atoms with Gasteiger partial charge in [-0.2, -0.15) is 0 Å². The van der Waals surface area contributed by atoms with E-state index in [1.54, 1.807) is 12.1 Å². The van der Waals surface area contributed by atoms with Crippen LogP contribution >= 0.6 is 0 Å². The maximum Gasteiger partial charge on any atom is 0.235 e. The first-order valence-corrected chi connectivity index (χ1v) is 8.39. The molecule has 0 aliphatic heterocycles. The number of rotatable bonds is 9. The molecule has 4 nitrogen and oxygen atoms in total. The molecule has 126 valence electrons. The SMILES string of the molecule is CCCCCNC(=O)C1(C(=O)NCCc2ccc(F)cc2)CC1. The lowest BCUT2D eigenvalue weighted by molar-refractivity contribution is -0.137. The van der Waals surface area contributed by atoms with Crippen molar-refractivity contribution in [3.63, 3.8) is 0 Å². The highest BCUT2D eigenvalue weighted by atomic mass is 19.1. The van der Waals surface area contributed by atoms with E-state index in [1.165, 1.54) is 12.1 Å². The summed E-state index contributed by atoms with van der Waals surface area (Å²) in [5, 5.41) is 5.71. The highest BCUT2D eigenvalue weighted by Crippen LogP contribution is 2.46. The summed E-state index contributed by atoms with van der Waals surface area (Å²) in [6.45, 7) is 3.20. The highest BCUT2D eigenvalue weighted by molar-refractivity contribution is 6.07. The zero-order valence-electron chi connectivity index (χ0n) is 13.7. The molecular formula is C18H25FN2O2. The quantitative estimate of drug-likeness (QED) is 0.543. The van der Waals surface area contributed by atoms with Gasteiger partial charge < -0.3 is 10.6 Å². The Bertz CT molecular complexity index is 538. The van der Waals surface area contributed by atoms with Gasteiger partial charge in [-0.1, -0.05) is 31.9 Å². The number of hydrogen-bond donors (Lipinski definition) is 2. The van der Waals surface area contributed by atoms with Gasteiger partial charge in [0, 0.05) is 13.1 Å². The summed E-state index contributed by atoms with van der Waals surface area (Å²) in [5.41, 5.74) is 0.107. The van der Waals surface area contributed by atoms with Crippen molar-refractivity contribution < 1.29 is 14.0 Å². The number of halogens is 1. The van der Waals surface area contributed by atoms with Crippen molar-refractivity contribution in [2.24, 2.45) is 5.41 Å². The van der Waals surface area contributed by atoms with Crippen LogP contribution in [0.2, 0.25) is 0 Å². The minimum absolute atomic E-state index is 0.145. The average Bonchev–Trinajstić information content (AvgIpc) is 3.35. The Morgan fingerprint density at radius 3 is 2.22 bits per heavy atom. The van der Waals surface area contributed by atoms with Crippen LogP contribution in [-0.4, -0.2) is 24.9 Å². The summed E-state index contributed by atoms with van der Waals surface area (Å²) in [6.07, 6.45) is 5.00. The molecule has 23 heavy (non-hydrogen) atoms. The zero-order valence-corrected chi connectivity index (χ0v) is 13.7. The van der Waals surface area contributed by atoms with Crippen molar-refractivity contribution in [2.75, 3.05) is 13.1 Å². The normalized spacial score (nSPS) is 15.0. The van der Waals surface area contributed by atoms with Gasteiger partial charge in [-0.05, 0) is 43.4 Å². The monoisotopic (exact) mass is 320 g/mol. The molecule has 0 atom stereocenters. The molecule has 0 heterocycles. The van der Waals surface area contributed by atoms with Gasteiger partial charge in [-0.15, -0.1) is 0 Å². The highest BCUT2D eigenvalue weighted by Gasteiger charge is 2.56. The lowest BCUT2D eigenvalue weighted by Crippen LogP contribution is -2.43. The standard InChI is InChI=1S/C18H25FN2O2/c1-2-3-4-12-20-16(22)18(10-11-18)17(23)21-13-9-14-5-7-15(19)8-6-14/h5-8H,2-4,9-13H2,1H3,(H,20,22)(H,21,23). The Hall–Kier alpha value is -1.91. The van der Waals surface area contributed by atoms with Crippen molar-refractivity contribution in [2.45, 2.75) is 45.4 Å². The molecule has 0 bridgehead atoms. The molecule has 0 saturated heterocycles. The summed E-state index contributed by atoms with van der Waals surface area (Å²) in [5.74, 6) is -0.602. The Balaban J connectivity index is 1.73. The molecule has 5 heteroatoms. The van der Waals surface area contributed by atoms with E-state index in [0.29, 0.717) is 32.4 Å². The molecule has 1 saturated carbocycles. The van der Waals surface area contributed by atoms with Crippen LogP contribution < -0.4 is 10.6 Å². The molecular weight excluding hydrogens is 295 g/mol.